The van der Waals surface area contributed by atoms with Gasteiger partial charge in [-0.2, -0.15) is 0 Å². The number of carbonyl (C=O) groups is 4. The lowest BCUT2D eigenvalue weighted by Gasteiger charge is -2.38. The number of rotatable bonds is 2. The SMILES string of the molecule is CC1(N2C(=O)c3cccc(CN)c3C2=O)CCC(=O)NC1=O. The molecule has 3 N–H and O–H groups in total. The zero-order chi connectivity index (χ0) is 16.1. The smallest absolute Gasteiger partial charge is 0.262 e. The Kier molecular flexibility index (Phi) is 3.10. The second kappa shape index (κ2) is 4.74. The van der Waals surface area contributed by atoms with E-state index in [4.69, 9.17) is 5.73 Å². The van der Waals surface area contributed by atoms with Crippen LogP contribution < -0.4 is 11.1 Å². The number of nitrogens with one attached hydrogen (secondary N) is 1. The van der Waals surface area contributed by atoms with Crippen LogP contribution in [0.1, 0.15) is 46.0 Å². The van der Waals surface area contributed by atoms with E-state index in [9.17, 15) is 19.2 Å². The van der Waals surface area contributed by atoms with Crippen LogP contribution in [0.3, 0.4) is 0 Å². The van der Waals surface area contributed by atoms with Crippen molar-refractivity contribution in [3.8, 4) is 0 Å². The van der Waals surface area contributed by atoms with Gasteiger partial charge >= 0.3 is 0 Å². The highest BCUT2D eigenvalue weighted by molar-refractivity contribution is 6.24. The van der Waals surface area contributed by atoms with E-state index in [1.54, 1.807) is 18.2 Å². The Balaban J connectivity index is 2.08. The number of benzene rings is 1. The zero-order valence-electron chi connectivity index (χ0n) is 12.0. The first-order valence-electron chi connectivity index (χ1n) is 6.95. The van der Waals surface area contributed by atoms with Crippen LogP contribution in [0.15, 0.2) is 18.2 Å². The number of fused-ring (bicyclic) bond motifs is 1. The fraction of sp³-hybridized carbons (Fsp3) is 0.333. The van der Waals surface area contributed by atoms with Crippen LogP contribution in [-0.2, 0) is 16.1 Å². The Labute approximate surface area is 126 Å². The predicted octanol–water partition coefficient (Wildman–Crippen LogP) is -0.0634. The molecule has 2 aliphatic rings. The van der Waals surface area contributed by atoms with E-state index >= 15 is 0 Å². The number of amides is 4. The van der Waals surface area contributed by atoms with E-state index in [2.05, 4.69) is 5.32 Å². The minimum absolute atomic E-state index is 0.0827. The van der Waals surface area contributed by atoms with E-state index in [1.807, 2.05) is 0 Å². The molecule has 1 fully saturated rings. The van der Waals surface area contributed by atoms with Crippen LogP contribution in [-0.4, -0.2) is 34.1 Å². The van der Waals surface area contributed by atoms with Crippen molar-refractivity contribution in [2.24, 2.45) is 5.73 Å². The van der Waals surface area contributed by atoms with Crippen molar-refractivity contribution in [3.05, 3.63) is 34.9 Å². The normalized spacial score (nSPS) is 24.5. The Bertz CT molecular complexity index is 727. The van der Waals surface area contributed by atoms with Gasteiger partial charge in [-0.15, -0.1) is 0 Å². The van der Waals surface area contributed by atoms with E-state index < -0.39 is 29.2 Å². The molecule has 4 amide bonds. The first-order chi connectivity index (χ1) is 10.4. The molecule has 2 heterocycles. The highest BCUT2D eigenvalue weighted by Gasteiger charge is 2.52. The summed E-state index contributed by atoms with van der Waals surface area (Å²) in [5.41, 5.74) is 5.32. The van der Waals surface area contributed by atoms with Crippen LogP contribution in [0.25, 0.3) is 0 Å². The fourth-order valence-corrected chi connectivity index (χ4v) is 2.98. The molecule has 7 heteroatoms. The predicted molar refractivity (Wildman–Crippen MR) is 75.6 cm³/mol. The molecule has 0 radical (unpaired) electrons. The summed E-state index contributed by atoms with van der Waals surface area (Å²) in [6.45, 7) is 1.62. The summed E-state index contributed by atoms with van der Waals surface area (Å²) in [6, 6.07) is 4.88. The molecule has 2 aliphatic heterocycles. The largest absolute Gasteiger partial charge is 0.326 e. The lowest BCUT2D eigenvalue weighted by molar-refractivity contribution is -0.140. The number of nitrogens with zero attached hydrogens (tertiary/aromatic N) is 1. The molecule has 0 saturated carbocycles. The monoisotopic (exact) mass is 301 g/mol. The quantitative estimate of drug-likeness (QED) is 0.743. The molecule has 0 aromatic heterocycles. The molecule has 1 saturated heterocycles. The maximum atomic E-state index is 12.7. The van der Waals surface area contributed by atoms with Gasteiger partial charge in [-0.1, -0.05) is 12.1 Å². The van der Waals surface area contributed by atoms with Crippen molar-refractivity contribution < 1.29 is 19.2 Å². The molecule has 7 nitrogen and oxygen atoms in total. The molecular formula is C15H15N3O4. The molecule has 1 unspecified atom stereocenters. The summed E-state index contributed by atoms with van der Waals surface area (Å²) >= 11 is 0. The fourth-order valence-electron chi connectivity index (χ4n) is 2.98. The number of piperidine rings is 1. The first kappa shape index (κ1) is 14.4. The number of hydrogen-bond acceptors (Lipinski definition) is 5. The van der Waals surface area contributed by atoms with Crippen molar-refractivity contribution in [1.29, 1.82) is 0 Å². The van der Waals surface area contributed by atoms with Gasteiger partial charge in [-0.3, -0.25) is 29.4 Å². The third kappa shape index (κ3) is 1.79. The molecule has 0 aliphatic carbocycles. The average Bonchev–Trinajstić information content (AvgIpc) is 2.76. The molecule has 114 valence electrons. The van der Waals surface area contributed by atoms with Crippen LogP contribution in [0.2, 0.25) is 0 Å². The summed E-state index contributed by atoms with van der Waals surface area (Å²) in [5, 5.41) is 2.19. The van der Waals surface area contributed by atoms with Gasteiger partial charge in [0.1, 0.15) is 5.54 Å². The van der Waals surface area contributed by atoms with Gasteiger partial charge in [-0.05, 0) is 25.0 Å². The minimum Gasteiger partial charge on any atom is -0.326 e. The number of nitrogens with two attached hydrogens (primary N) is 1. The Hall–Kier alpha value is -2.54. The summed E-state index contributed by atoms with van der Waals surface area (Å²) < 4.78 is 0. The van der Waals surface area contributed by atoms with Crippen molar-refractivity contribution in [2.75, 3.05) is 0 Å². The average molecular weight is 301 g/mol. The Morgan fingerprint density at radius 1 is 1.23 bits per heavy atom. The van der Waals surface area contributed by atoms with Crippen molar-refractivity contribution in [3.63, 3.8) is 0 Å². The maximum absolute atomic E-state index is 12.7. The highest BCUT2D eigenvalue weighted by Crippen LogP contribution is 2.35. The lowest BCUT2D eigenvalue weighted by atomic mass is 9.89. The van der Waals surface area contributed by atoms with Gasteiger partial charge in [-0.25, -0.2) is 0 Å². The molecular weight excluding hydrogens is 286 g/mol. The first-order valence-corrected chi connectivity index (χ1v) is 6.95. The van der Waals surface area contributed by atoms with Crippen LogP contribution in [0.5, 0.6) is 0 Å². The van der Waals surface area contributed by atoms with E-state index in [1.165, 1.54) is 6.92 Å². The van der Waals surface area contributed by atoms with Crippen molar-refractivity contribution in [2.45, 2.75) is 31.8 Å². The molecule has 3 rings (SSSR count). The van der Waals surface area contributed by atoms with Gasteiger partial charge in [0, 0.05) is 13.0 Å². The molecule has 1 aromatic rings. The maximum Gasteiger partial charge on any atom is 0.262 e. The second-order valence-corrected chi connectivity index (χ2v) is 5.64. The standard InChI is InChI=1S/C15H15N3O4/c1-15(6-5-10(19)17-14(15)22)18-12(20)9-4-2-3-8(7-16)11(9)13(18)21/h2-4H,5-7,16H2,1H3,(H,17,19,22). The molecule has 22 heavy (non-hydrogen) atoms. The van der Waals surface area contributed by atoms with E-state index in [0.717, 1.165) is 4.90 Å². The Morgan fingerprint density at radius 2 is 1.95 bits per heavy atom. The van der Waals surface area contributed by atoms with Gasteiger partial charge in [0.25, 0.3) is 17.7 Å². The van der Waals surface area contributed by atoms with Gasteiger partial charge < -0.3 is 5.73 Å². The van der Waals surface area contributed by atoms with Crippen molar-refractivity contribution in [1.82, 2.24) is 10.2 Å². The van der Waals surface area contributed by atoms with Crippen LogP contribution in [0, 0.1) is 0 Å². The van der Waals surface area contributed by atoms with Crippen molar-refractivity contribution >= 4 is 23.6 Å². The summed E-state index contributed by atoms with van der Waals surface area (Å²) in [6.07, 6.45) is 0.195. The molecule has 1 aromatic carbocycles. The summed E-state index contributed by atoms with van der Waals surface area (Å²) in [4.78, 5) is 49.8. The summed E-state index contributed by atoms with van der Waals surface area (Å²) in [5.74, 6) is -2.09. The minimum atomic E-state index is -1.37. The van der Waals surface area contributed by atoms with Gasteiger partial charge in [0.05, 0.1) is 11.1 Å². The lowest BCUT2D eigenvalue weighted by Crippen LogP contribution is -2.62. The topological polar surface area (TPSA) is 110 Å². The van der Waals surface area contributed by atoms with Gasteiger partial charge in [0.15, 0.2) is 0 Å². The molecule has 0 spiro atoms. The third-order valence-corrected chi connectivity index (χ3v) is 4.30. The number of imide groups is 2. The molecule has 0 bridgehead atoms. The highest BCUT2D eigenvalue weighted by atomic mass is 16.2. The second-order valence-electron chi connectivity index (χ2n) is 5.64. The number of hydrogen-bond donors (Lipinski definition) is 2. The van der Waals surface area contributed by atoms with E-state index in [-0.39, 0.29) is 30.5 Å². The zero-order valence-corrected chi connectivity index (χ0v) is 12.0. The van der Waals surface area contributed by atoms with Crippen LogP contribution in [0.4, 0.5) is 0 Å². The van der Waals surface area contributed by atoms with Crippen LogP contribution >= 0.6 is 0 Å². The van der Waals surface area contributed by atoms with Gasteiger partial charge in [0.2, 0.25) is 5.91 Å². The summed E-state index contributed by atoms with van der Waals surface area (Å²) in [7, 11) is 0. The number of carbonyl (C=O) groups excluding carboxylic acids is 4. The van der Waals surface area contributed by atoms with E-state index in [0.29, 0.717) is 5.56 Å². The Morgan fingerprint density at radius 3 is 2.59 bits per heavy atom. The molecule has 1 atom stereocenters. The third-order valence-electron chi connectivity index (χ3n) is 4.30.